The van der Waals surface area contributed by atoms with Gasteiger partial charge in [0.25, 0.3) is 5.56 Å². The lowest BCUT2D eigenvalue weighted by Crippen LogP contribution is -2.24. The van der Waals surface area contributed by atoms with Crippen molar-refractivity contribution >= 4 is 22.7 Å². The number of aromatic nitrogens is 2. The van der Waals surface area contributed by atoms with Crippen LogP contribution in [0.15, 0.2) is 76.7 Å². The van der Waals surface area contributed by atoms with Crippen molar-refractivity contribution in [1.29, 1.82) is 0 Å². The van der Waals surface area contributed by atoms with Crippen LogP contribution in [0.3, 0.4) is 0 Å². The smallest absolute Gasteiger partial charge is 0.262 e. The van der Waals surface area contributed by atoms with Crippen LogP contribution in [0.2, 0.25) is 0 Å². The summed E-state index contributed by atoms with van der Waals surface area (Å²) < 4.78 is 12.6. The fourth-order valence-corrected chi connectivity index (χ4v) is 4.39. The molecule has 0 atom stereocenters. The summed E-state index contributed by atoms with van der Waals surface area (Å²) in [6.07, 6.45) is 0. The van der Waals surface area contributed by atoms with Gasteiger partial charge in [-0.1, -0.05) is 59.8 Å². The van der Waals surface area contributed by atoms with Gasteiger partial charge in [0.05, 0.1) is 17.4 Å². The molecule has 0 spiro atoms. The Kier molecular flexibility index (Phi) is 4.93. The van der Waals surface area contributed by atoms with Gasteiger partial charge in [0, 0.05) is 5.75 Å². The first-order chi connectivity index (χ1) is 14.7. The van der Waals surface area contributed by atoms with Crippen LogP contribution in [-0.4, -0.2) is 16.3 Å². The van der Waals surface area contributed by atoms with Crippen molar-refractivity contribution in [1.82, 2.24) is 9.55 Å². The maximum Gasteiger partial charge on any atom is 0.262 e. The summed E-state index contributed by atoms with van der Waals surface area (Å²) in [4.78, 5) is 18.1. The number of hydrogen-bond donors (Lipinski definition) is 0. The largest absolute Gasteiger partial charge is 0.454 e. The molecule has 6 heteroatoms. The number of aryl methyl sites for hydroxylation is 1. The number of benzene rings is 3. The Morgan fingerprint density at radius 3 is 2.60 bits per heavy atom. The van der Waals surface area contributed by atoms with Crippen molar-refractivity contribution in [3.05, 3.63) is 93.8 Å². The molecular weight excluding hydrogens is 396 g/mol. The average Bonchev–Trinajstić information content (AvgIpc) is 3.24. The van der Waals surface area contributed by atoms with Crippen LogP contribution in [0.1, 0.15) is 16.7 Å². The normalized spacial score (nSPS) is 12.4. The van der Waals surface area contributed by atoms with E-state index in [0.717, 1.165) is 28.1 Å². The summed E-state index contributed by atoms with van der Waals surface area (Å²) in [6.45, 7) is 2.80. The fourth-order valence-electron chi connectivity index (χ4n) is 3.45. The van der Waals surface area contributed by atoms with Gasteiger partial charge in [-0.05, 0) is 42.3 Å². The number of hydrogen-bond acceptors (Lipinski definition) is 5. The highest BCUT2D eigenvalue weighted by Gasteiger charge is 2.15. The van der Waals surface area contributed by atoms with Crippen LogP contribution < -0.4 is 15.0 Å². The second kappa shape index (κ2) is 7.88. The molecule has 0 N–H and O–H groups in total. The minimum atomic E-state index is -0.0191. The van der Waals surface area contributed by atoms with Gasteiger partial charge in [0.15, 0.2) is 16.7 Å². The molecule has 5 nitrogen and oxygen atoms in total. The van der Waals surface area contributed by atoms with E-state index in [-0.39, 0.29) is 12.4 Å². The topological polar surface area (TPSA) is 53.4 Å². The molecule has 30 heavy (non-hydrogen) atoms. The highest BCUT2D eigenvalue weighted by atomic mass is 32.2. The van der Waals surface area contributed by atoms with Gasteiger partial charge < -0.3 is 9.47 Å². The monoisotopic (exact) mass is 416 g/mol. The molecule has 0 fully saturated rings. The van der Waals surface area contributed by atoms with E-state index < -0.39 is 0 Å². The molecule has 5 rings (SSSR count). The summed E-state index contributed by atoms with van der Waals surface area (Å²) in [5.41, 5.74) is 4.06. The third-order valence-electron chi connectivity index (χ3n) is 5.09. The lowest BCUT2D eigenvalue weighted by molar-refractivity contribution is 0.174. The van der Waals surface area contributed by atoms with Crippen LogP contribution in [0.25, 0.3) is 10.9 Å². The van der Waals surface area contributed by atoms with Gasteiger partial charge in [0.2, 0.25) is 6.79 Å². The van der Waals surface area contributed by atoms with Crippen LogP contribution in [0, 0.1) is 6.92 Å². The van der Waals surface area contributed by atoms with E-state index in [1.165, 1.54) is 5.56 Å². The van der Waals surface area contributed by atoms with Crippen LogP contribution in [-0.2, 0) is 12.3 Å². The second-order valence-corrected chi connectivity index (χ2v) is 8.21. The molecule has 0 radical (unpaired) electrons. The van der Waals surface area contributed by atoms with Crippen LogP contribution >= 0.6 is 11.8 Å². The summed E-state index contributed by atoms with van der Waals surface area (Å²) in [6, 6.07) is 21.7. The number of ether oxygens (including phenoxy) is 2. The second-order valence-electron chi connectivity index (χ2n) is 7.26. The lowest BCUT2D eigenvalue weighted by atomic mass is 10.1. The third kappa shape index (κ3) is 3.66. The summed E-state index contributed by atoms with van der Waals surface area (Å²) in [5, 5.41) is 1.34. The predicted octanol–water partition coefficient (Wildman–Crippen LogP) is 4.77. The first-order valence-electron chi connectivity index (χ1n) is 9.74. The summed E-state index contributed by atoms with van der Waals surface area (Å²) >= 11 is 1.55. The number of thioether (sulfide) groups is 1. The first kappa shape index (κ1) is 18.8. The Balaban J connectivity index is 1.50. The molecule has 4 aromatic rings. The molecule has 0 saturated heterocycles. The Morgan fingerprint density at radius 2 is 1.73 bits per heavy atom. The fraction of sp³-hybridized carbons (Fsp3) is 0.167. The highest BCUT2D eigenvalue weighted by molar-refractivity contribution is 7.98. The SMILES string of the molecule is Cc1ccc(Cn2c(SCc3ccc4c(c3)OCO4)nc3ccccc3c2=O)cc1. The van der Waals surface area contributed by atoms with Crippen molar-refractivity contribution in [3.8, 4) is 11.5 Å². The number of fused-ring (bicyclic) bond motifs is 2. The number of nitrogens with zero attached hydrogens (tertiary/aromatic N) is 2. The molecule has 0 saturated carbocycles. The maximum absolute atomic E-state index is 13.3. The van der Waals surface area contributed by atoms with Crippen molar-refractivity contribution in [2.24, 2.45) is 0 Å². The zero-order valence-electron chi connectivity index (χ0n) is 16.5. The minimum absolute atomic E-state index is 0.0191. The van der Waals surface area contributed by atoms with Gasteiger partial charge >= 0.3 is 0 Å². The minimum Gasteiger partial charge on any atom is -0.454 e. The van der Waals surface area contributed by atoms with E-state index in [1.54, 1.807) is 16.3 Å². The van der Waals surface area contributed by atoms with E-state index in [4.69, 9.17) is 14.5 Å². The molecule has 1 aliphatic heterocycles. The standard InChI is InChI=1S/C24H20N2O3S/c1-16-6-8-17(9-7-16)13-26-23(27)19-4-2-3-5-20(19)25-24(26)30-14-18-10-11-21-22(12-18)29-15-28-21/h2-12H,13-15H2,1H3. The molecule has 0 amide bonds. The third-order valence-corrected chi connectivity index (χ3v) is 6.14. The van der Waals surface area contributed by atoms with Gasteiger partial charge in [0.1, 0.15) is 0 Å². The van der Waals surface area contributed by atoms with Gasteiger partial charge in [-0.25, -0.2) is 4.98 Å². The van der Waals surface area contributed by atoms with E-state index in [9.17, 15) is 4.79 Å². The Labute approximate surface area is 178 Å². The van der Waals surface area contributed by atoms with E-state index in [2.05, 4.69) is 31.2 Å². The Hall–Kier alpha value is -3.25. The molecule has 150 valence electrons. The lowest BCUT2D eigenvalue weighted by Gasteiger charge is -2.13. The molecular formula is C24H20N2O3S. The predicted molar refractivity (Wildman–Crippen MR) is 118 cm³/mol. The highest BCUT2D eigenvalue weighted by Crippen LogP contribution is 2.34. The molecule has 1 aliphatic rings. The summed E-state index contributed by atoms with van der Waals surface area (Å²) in [7, 11) is 0. The van der Waals surface area contributed by atoms with Crippen molar-refractivity contribution in [3.63, 3.8) is 0 Å². The molecule has 3 aromatic carbocycles. The molecule has 0 bridgehead atoms. The van der Waals surface area contributed by atoms with Crippen LogP contribution in [0.4, 0.5) is 0 Å². The summed E-state index contributed by atoms with van der Waals surface area (Å²) in [5.74, 6) is 2.20. The maximum atomic E-state index is 13.3. The van der Waals surface area contributed by atoms with Crippen LogP contribution in [0.5, 0.6) is 11.5 Å². The Bertz CT molecular complexity index is 1280. The first-order valence-corrected chi connectivity index (χ1v) is 10.7. The van der Waals surface area contributed by atoms with Crippen molar-refractivity contribution in [2.75, 3.05) is 6.79 Å². The molecule has 0 unspecified atom stereocenters. The van der Waals surface area contributed by atoms with Crippen molar-refractivity contribution < 1.29 is 9.47 Å². The molecule has 2 heterocycles. The van der Waals surface area contributed by atoms with Gasteiger partial charge in [-0.15, -0.1) is 0 Å². The average molecular weight is 417 g/mol. The van der Waals surface area contributed by atoms with Gasteiger partial charge in [-0.3, -0.25) is 9.36 Å². The van der Waals surface area contributed by atoms with E-state index in [1.807, 2.05) is 42.5 Å². The van der Waals surface area contributed by atoms with Crippen molar-refractivity contribution in [2.45, 2.75) is 24.4 Å². The van der Waals surface area contributed by atoms with E-state index >= 15 is 0 Å². The molecule has 1 aromatic heterocycles. The van der Waals surface area contributed by atoms with Gasteiger partial charge in [-0.2, -0.15) is 0 Å². The Morgan fingerprint density at radius 1 is 0.967 bits per heavy atom. The number of para-hydroxylation sites is 1. The number of rotatable bonds is 5. The zero-order valence-corrected chi connectivity index (χ0v) is 17.3. The quantitative estimate of drug-likeness (QED) is 0.346. The van der Waals surface area contributed by atoms with E-state index in [0.29, 0.717) is 22.8 Å². The zero-order chi connectivity index (χ0) is 20.5. The molecule has 0 aliphatic carbocycles.